The molecule has 1 saturated carbocycles. The largest absolute Gasteiger partial charge is 0.435 e. The van der Waals surface area contributed by atoms with E-state index in [2.05, 4.69) is 27.5 Å². The van der Waals surface area contributed by atoms with Crippen LogP contribution in [-0.4, -0.2) is 18.6 Å². The molecule has 3 rings (SSSR count). The van der Waals surface area contributed by atoms with Gasteiger partial charge >= 0.3 is 6.61 Å². The third kappa shape index (κ3) is 5.02. The van der Waals surface area contributed by atoms with E-state index in [9.17, 15) is 13.6 Å². The highest BCUT2D eigenvalue weighted by atomic mass is 19.3. The van der Waals surface area contributed by atoms with Crippen LogP contribution in [0, 0.1) is 5.92 Å². The predicted molar refractivity (Wildman–Crippen MR) is 96.2 cm³/mol. The van der Waals surface area contributed by atoms with Crippen molar-refractivity contribution in [1.82, 2.24) is 5.32 Å². The molecular weight excluding hydrogens is 338 g/mol. The minimum Gasteiger partial charge on any atom is -0.435 e. The lowest BCUT2D eigenvalue weighted by molar-refractivity contribution is -0.118. The summed E-state index contributed by atoms with van der Waals surface area (Å²) in [6.45, 7) is -1.04. The topological polar surface area (TPSA) is 50.4 Å². The van der Waals surface area contributed by atoms with E-state index in [0.717, 1.165) is 12.8 Å². The highest BCUT2D eigenvalue weighted by Crippen LogP contribution is 2.41. The number of alkyl halides is 2. The molecule has 2 N–H and O–H groups in total. The predicted octanol–water partition coefficient (Wildman–Crippen LogP) is 4.36. The number of ether oxygens (including phenoxy) is 1. The summed E-state index contributed by atoms with van der Waals surface area (Å²) in [5, 5.41) is 6.21. The lowest BCUT2D eigenvalue weighted by Gasteiger charge is -2.23. The van der Waals surface area contributed by atoms with Crippen LogP contribution in [0.2, 0.25) is 0 Å². The lowest BCUT2D eigenvalue weighted by atomic mass is 10.0. The average molecular weight is 360 g/mol. The summed E-state index contributed by atoms with van der Waals surface area (Å²) in [5.74, 6) is 0.439. The quantitative estimate of drug-likeness (QED) is 0.736. The molecule has 2 aromatic carbocycles. The minimum absolute atomic E-state index is 0.0575. The van der Waals surface area contributed by atoms with Crippen LogP contribution >= 0.6 is 0 Å². The highest BCUT2D eigenvalue weighted by molar-refractivity contribution is 5.94. The Labute approximate surface area is 151 Å². The molecule has 138 valence electrons. The molecule has 2 unspecified atom stereocenters. The van der Waals surface area contributed by atoms with Crippen LogP contribution in [0.1, 0.15) is 31.4 Å². The van der Waals surface area contributed by atoms with E-state index in [1.807, 2.05) is 25.1 Å². The van der Waals surface area contributed by atoms with E-state index in [1.165, 1.54) is 29.8 Å². The fraction of sp³-hybridized carbons (Fsp3) is 0.350. The molecule has 26 heavy (non-hydrogen) atoms. The van der Waals surface area contributed by atoms with Gasteiger partial charge < -0.3 is 10.1 Å². The van der Waals surface area contributed by atoms with Crippen molar-refractivity contribution in [3.8, 4) is 5.75 Å². The van der Waals surface area contributed by atoms with Crippen molar-refractivity contribution in [2.45, 2.75) is 38.5 Å². The monoisotopic (exact) mass is 360 g/mol. The molecule has 0 spiro atoms. The lowest BCUT2D eigenvalue weighted by Crippen LogP contribution is -2.40. The van der Waals surface area contributed by atoms with Gasteiger partial charge in [-0.05, 0) is 55.5 Å². The second-order valence-corrected chi connectivity index (χ2v) is 6.51. The number of nitrogens with one attached hydrogen (secondary N) is 2. The number of benzene rings is 2. The molecule has 2 aromatic rings. The normalized spacial score (nSPS) is 16.2. The van der Waals surface area contributed by atoms with Gasteiger partial charge in [0.05, 0.1) is 6.04 Å². The second-order valence-electron chi connectivity index (χ2n) is 6.51. The fourth-order valence-corrected chi connectivity index (χ4v) is 2.91. The molecule has 1 amide bonds. The zero-order valence-corrected chi connectivity index (χ0v) is 14.5. The van der Waals surface area contributed by atoms with Crippen molar-refractivity contribution in [3.05, 3.63) is 60.2 Å². The summed E-state index contributed by atoms with van der Waals surface area (Å²) < 4.78 is 28.6. The SMILES string of the molecule is CC(NC(c1ccccc1)C1CC1)C(=O)Nc1ccc(OC(F)F)cc1. The van der Waals surface area contributed by atoms with E-state index in [-0.39, 0.29) is 17.7 Å². The number of hydrogen-bond acceptors (Lipinski definition) is 3. The molecule has 0 bridgehead atoms. The third-order valence-electron chi connectivity index (χ3n) is 4.42. The van der Waals surface area contributed by atoms with Crippen LogP contribution in [0.25, 0.3) is 0 Å². The molecule has 0 saturated heterocycles. The summed E-state index contributed by atoms with van der Waals surface area (Å²) in [7, 11) is 0. The Kier molecular flexibility index (Phi) is 5.83. The summed E-state index contributed by atoms with van der Waals surface area (Å²) in [4.78, 5) is 12.5. The Morgan fingerprint density at radius 1 is 1.08 bits per heavy atom. The van der Waals surface area contributed by atoms with Crippen LogP contribution in [0.3, 0.4) is 0 Å². The molecule has 1 aliphatic rings. The third-order valence-corrected chi connectivity index (χ3v) is 4.42. The van der Waals surface area contributed by atoms with E-state index in [4.69, 9.17) is 0 Å². The molecule has 0 radical (unpaired) electrons. The molecule has 6 heteroatoms. The maximum Gasteiger partial charge on any atom is 0.387 e. The Hall–Kier alpha value is -2.47. The summed E-state index contributed by atoms with van der Waals surface area (Å²) >= 11 is 0. The Morgan fingerprint density at radius 3 is 2.31 bits per heavy atom. The van der Waals surface area contributed by atoms with Crippen molar-refractivity contribution < 1.29 is 18.3 Å². The zero-order chi connectivity index (χ0) is 18.5. The molecule has 0 heterocycles. The summed E-state index contributed by atoms with van der Waals surface area (Å²) in [5.41, 5.74) is 1.72. The van der Waals surface area contributed by atoms with E-state index in [0.29, 0.717) is 11.6 Å². The smallest absolute Gasteiger partial charge is 0.387 e. The van der Waals surface area contributed by atoms with Gasteiger partial charge in [0, 0.05) is 11.7 Å². The van der Waals surface area contributed by atoms with Gasteiger partial charge in [0.25, 0.3) is 0 Å². The Morgan fingerprint density at radius 2 is 1.73 bits per heavy atom. The van der Waals surface area contributed by atoms with Crippen molar-refractivity contribution in [2.75, 3.05) is 5.32 Å². The van der Waals surface area contributed by atoms with E-state index < -0.39 is 12.7 Å². The van der Waals surface area contributed by atoms with Crippen molar-refractivity contribution in [2.24, 2.45) is 5.92 Å². The molecule has 4 nitrogen and oxygen atoms in total. The van der Waals surface area contributed by atoms with E-state index >= 15 is 0 Å². The first-order valence-corrected chi connectivity index (χ1v) is 8.69. The van der Waals surface area contributed by atoms with Gasteiger partial charge in [-0.15, -0.1) is 0 Å². The first kappa shape index (κ1) is 18.3. The molecule has 0 aliphatic heterocycles. The van der Waals surface area contributed by atoms with Crippen LogP contribution < -0.4 is 15.4 Å². The first-order valence-electron chi connectivity index (χ1n) is 8.69. The molecule has 1 fully saturated rings. The Bertz CT molecular complexity index is 718. The van der Waals surface area contributed by atoms with Crippen LogP contribution in [-0.2, 0) is 4.79 Å². The van der Waals surface area contributed by atoms with Crippen LogP contribution in [0.15, 0.2) is 54.6 Å². The van der Waals surface area contributed by atoms with Gasteiger partial charge in [0.1, 0.15) is 5.75 Å². The number of halogens is 2. The standard InChI is InChI=1S/C20H22F2N2O2/c1-13(23-18(15-7-8-15)14-5-3-2-4-6-14)19(25)24-16-9-11-17(12-10-16)26-20(21)22/h2-6,9-13,15,18,20,23H,7-8H2,1H3,(H,24,25). The van der Waals surface area contributed by atoms with Crippen LogP contribution in [0.4, 0.5) is 14.5 Å². The molecule has 0 aromatic heterocycles. The number of hydrogen-bond donors (Lipinski definition) is 2. The fourth-order valence-electron chi connectivity index (χ4n) is 2.91. The minimum atomic E-state index is -2.86. The average Bonchev–Trinajstić information content (AvgIpc) is 3.46. The van der Waals surface area contributed by atoms with Crippen molar-refractivity contribution in [3.63, 3.8) is 0 Å². The number of carbonyl (C=O) groups excluding carboxylic acids is 1. The highest BCUT2D eigenvalue weighted by Gasteiger charge is 2.33. The van der Waals surface area contributed by atoms with Crippen molar-refractivity contribution in [1.29, 1.82) is 0 Å². The Balaban J connectivity index is 1.58. The number of rotatable bonds is 8. The van der Waals surface area contributed by atoms with Crippen LogP contribution in [0.5, 0.6) is 5.75 Å². The molecular formula is C20H22F2N2O2. The van der Waals surface area contributed by atoms with Gasteiger partial charge in [-0.25, -0.2) is 0 Å². The van der Waals surface area contributed by atoms with Gasteiger partial charge in [-0.3, -0.25) is 10.1 Å². The summed E-state index contributed by atoms with van der Waals surface area (Å²) in [6.07, 6.45) is 2.32. The molecule has 1 aliphatic carbocycles. The van der Waals surface area contributed by atoms with Gasteiger partial charge in [-0.2, -0.15) is 8.78 Å². The first-order chi connectivity index (χ1) is 12.5. The van der Waals surface area contributed by atoms with Crippen molar-refractivity contribution >= 4 is 11.6 Å². The number of amides is 1. The maximum atomic E-state index is 12.5. The molecule has 2 atom stereocenters. The number of anilines is 1. The maximum absolute atomic E-state index is 12.5. The summed E-state index contributed by atoms with van der Waals surface area (Å²) in [6, 6.07) is 15.8. The van der Waals surface area contributed by atoms with Gasteiger partial charge in [-0.1, -0.05) is 30.3 Å². The number of carbonyl (C=O) groups is 1. The van der Waals surface area contributed by atoms with Gasteiger partial charge in [0.2, 0.25) is 5.91 Å². The second kappa shape index (κ2) is 8.27. The van der Waals surface area contributed by atoms with Gasteiger partial charge in [0.15, 0.2) is 0 Å². The van der Waals surface area contributed by atoms with E-state index in [1.54, 1.807) is 0 Å². The zero-order valence-electron chi connectivity index (χ0n) is 14.5.